The number of hydrogen-bond donors (Lipinski definition) is 1. The molecular weight excluding hydrogens is 460 g/mol. The van der Waals surface area contributed by atoms with E-state index >= 15 is 0 Å². The van der Waals surface area contributed by atoms with Crippen molar-refractivity contribution in [2.75, 3.05) is 0 Å². The summed E-state index contributed by atoms with van der Waals surface area (Å²) < 4.78 is 0. The lowest BCUT2D eigenvalue weighted by molar-refractivity contribution is 0.731. The van der Waals surface area contributed by atoms with E-state index in [9.17, 15) is 0 Å². The van der Waals surface area contributed by atoms with E-state index in [2.05, 4.69) is 139 Å². The summed E-state index contributed by atoms with van der Waals surface area (Å²) in [5.74, 6) is 0. The van der Waals surface area contributed by atoms with Gasteiger partial charge in [0.1, 0.15) is 0 Å². The van der Waals surface area contributed by atoms with Crippen molar-refractivity contribution < 1.29 is 0 Å². The average Bonchev–Trinajstić information content (AvgIpc) is 2.99. The third kappa shape index (κ3) is 3.10. The minimum absolute atomic E-state index is 0.0252. The molecule has 1 unspecified atom stereocenters. The molecule has 0 spiro atoms. The van der Waals surface area contributed by atoms with Gasteiger partial charge in [-0.05, 0) is 73.8 Å². The average molecular weight is 485 g/mol. The second-order valence-corrected chi connectivity index (χ2v) is 10.0. The van der Waals surface area contributed by atoms with Gasteiger partial charge in [0, 0.05) is 22.4 Å². The zero-order chi connectivity index (χ0) is 25.1. The predicted molar refractivity (Wildman–Crippen MR) is 160 cm³/mol. The molecule has 0 radical (unpaired) electrons. The number of fused-ring (bicyclic) bond motifs is 6. The van der Waals surface area contributed by atoms with Crippen LogP contribution in [0.2, 0.25) is 0 Å². The second kappa shape index (κ2) is 8.29. The van der Waals surface area contributed by atoms with Crippen molar-refractivity contribution in [3.05, 3.63) is 144 Å². The maximum absolute atomic E-state index is 4.97. The van der Waals surface area contributed by atoms with Gasteiger partial charge in [-0.25, -0.2) is 0 Å². The van der Waals surface area contributed by atoms with E-state index in [1.165, 1.54) is 65.5 Å². The van der Waals surface area contributed by atoms with Crippen molar-refractivity contribution in [3.63, 3.8) is 0 Å². The molecule has 2 heterocycles. The lowest BCUT2D eigenvalue weighted by Gasteiger charge is -2.28. The van der Waals surface area contributed by atoms with Gasteiger partial charge in [-0.1, -0.05) is 103 Å². The molecule has 38 heavy (non-hydrogen) atoms. The van der Waals surface area contributed by atoms with Crippen LogP contribution in [0.5, 0.6) is 0 Å². The van der Waals surface area contributed by atoms with Crippen molar-refractivity contribution in [3.8, 4) is 11.1 Å². The highest BCUT2D eigenvalue weighted by Gasteiger charge is 2.26. The van der Waals surface area contributed by atoms with Crippen molar-refractivity contribution in [2.45, 2.75) is 6.04 Å². The highest BCUT2D eigenvalue weighted by Crippen LogP contribution is 2.46. The molecule has 1 aromatic heterocycles. The Morgan fingerprint density at radius 3 is 2.26 bits per heavy atom. The quantitative estimate of drug-likeness (QED) is 0.196. The van der Waals surface area contributed by atoms with E-state index in [1.807, 2.05) is 0 Å². The van der Waals surface area contributed by atoms with Gasteiger partial charge >= 0.3 is 0 Å². The van der Waals surface area contributed by atoms with E-state index < -0.39 is 0 Å². The van der Waals surface area contributed by atoms with Gasteiger partial charge in [-0.3, -0.25) is 4.98 Å². The van der Waals surface area contributed by atoms with E-state index in [0.717, 1.165) is 5.52 Å². The highest BCUT2D eigenvalue weighted by molar-refractivity contribution is 6.23. The van der Waals surface area contributed by atoms with Crippen LogP contribution in [0.3, 0.4) is 0 Å². The number of nitrogens with zero attached hydrogens (tertiary/aromatic N) is 1. The Balaban J connectivity index is 1.57. The summed E-state index contributed by atoms with van der Waals surface area (Å²) in [6, 6.07) is 41.5. The van der Waals surface area contributed by atoms with Crippen LogP contribution in [0.1, 0.15) is 22.7 Å². The van der Waals surface area contributed by atoms with Gasteiger partial charge in [0.25, 0.3) is 0 Å². The summed E-state index contributed by atoms with van der Waals surface area (Å²) >= 11 is 0. The van der Waals surface area contributed by atoms with Crippen LogP contribution in [0.4, 0.5) is 0 Å². The summed E-state index contributed by atoms with van der Waals surface area (Å²) in [5.41, 5.74) is 7.32. The Morgan fingerprint density at radius 1 is 0.605 bits per heavy atom. The number of pyridine rings is 1. The number of hydrogen-bond acceptors (Lipinski definition) is 2. The number of para-hydroxylation sites is 1. The summed E-state index contributed by atoms with van der Waals surface area (Å²) in [4.78, 5) is 4.97. The van der Waals surface area contributed by atoms with Gasteiger partial charge < -0.3 is 5.32 Å². The molecule has 1 aliphatic rings. The van der Waals surface area contributed by atoms with Gasteiger partial charge in [-0.2, -0.15) is 0 Å². The Hall–Kier alpha value is -4.95. The third-order valence-corrected chi connectivity index (χ3v) is 7.96. The molecule has 0 saturated carbocycles. The molecule has 1 aliphatic heterocycles. The molecule has 0 amide bonds. The topological polar surface area (TPSA) is 24.9 Å². The van der Waals surface area contributed by atoms with E-state index in [0.29, 0.717) is 0 Å². The lowest BCUT2D eigenvalue weighted by Crippen LogP contribution is -2.21. The normalized spacial score (nSPS) is 14.7. The van der Waals surface area contributed by atoms with Crippen molar-refractivity contribution >= 4 is 49.3 Å². The third-order valence-electron chi connectivity index (χ3n) is 7.96. The summed E-state index contributed by atoms with van der Waals surface area (Å²) in [7, 11) is 0. The molecular formula is C36H24N2. The smallest absolute Gasteiger partial charge is 0.0780 e. The van der Waals surface area contributed by atoms with Crippen LogP contribution in [0.25, 0.3) is 60.4 Å². The number of nitrogens with one attached hydrogen (secondary N) is 1. The van der Waals surface area contributed by atoms with Crippen molar-refractivity contribution in [1.82, 2.24) is 10.3 Å². The van der Waals surface area contributed by atoms with Crippen LogP contribution in [-0.2, 0) is 0 Å². The molecule has 0 saturated heterocycles. The highest BCUT2D eigenvalue weighted by atomic mass is 14.9. The monoisotopic (exact) mass is 484 g/mol. The second-order valence-electron chi connectivity index (χ2n) is 10.0. The molecule has 8 rings (SSSR count). The SMILES string of the molecule is C1=Cc2ccccc2C(c2c3ccccc3c(-c3ccc4ccccc4c3)c3c2cnc2ccccc23)N1. The van der Waals surface area contributed by atoms with Crippen molar-refractivity contribution in [1.29, 1.82) is 0 Å². The fraction of sp³-hybridized carbons (Fsp3) is 0.0278. The largest absolute Gasteiger partial charge is 0.380 e. The van der Waals surface area contributed by atoms with Crippen LogP contribution >= 0.6 is 0 Å². The first-order chi connectivity index (χ1) is 18.9. The molecule has 2 heteroatoms. The Bertz CT molecular complexity index is 2070. The van der Waals surface area contributed by atoms with Crippen LogP contribution in [0, 0.1) is 0 Å². The van der Waals surface area contributed by atoms with Gasteiger partial charge in [0.2, 0.25) is 0 Å². The van der Waals surface area contributed by atoms with Gasteiger partial charge in [-0.15, -0.1) is 0 Å². The maximum atomic E-state index is 4.97. The molecule has 178 valence electrons. The number of rotatable bonds is 2. The zero-order valence-electron chi connectivity index (χ0n) is 20.7. The molecule has 0 aliphatic carbocycles. The summed E-state index contributed by atoms with van der Waals surface area (Å²) in [6.07, 6.45) is 6.33. The standard InChI is InChI=1S/C36H24N2/c1-2-11-25-21-26(18-17-23(25)9-1)33-28-13-5-6-14-29(28)35(36-27-12-4-3-10-24(27)19-20-37-36)31-22-38-32-16-8-7-15-30(32)34(31)33/h1-22,36-37H. The van der Waals surface area contributed by atoms with E-state index in [4.69, 9.17) is 4.98 Å². The Kier molecular flexibility index (Phi) is 4.62. The number of aromatic nitrogens is 1. The van der Waals surface area contributed by atoms with Gasteiger partial charge in [0.15, 0.2) is 0 Å². The predicted octanol–water partition coefficient (Wildman–Crippen LogP) is 9.02. The zero-order valence-corrected chi connectivity index (χ0v) is 20.7. The fourth-order valence-corrected chi connectivity index (χ4v) is 6.27. The molecule has 0 fully saturated rings. The molecule has 1 N–H and O–H groups in total. The first-order valence-corrected chi connectivity index (χ1v) is 13.1. The summed E-state index contributed by atoms with van der Waals surface area (Å²) in [5, 5.41) is 12.3. The van der Waals surface area contributed by atoms with Crippen LogP contribution in [-0.4, -0.2) is 4.98 Å². The van der Waals surface area contributed by atoms with E-state index in [-0.39, 0.29) is 6.04 Å². The van der Waals surface area contributed by atoms with Crippen LogP contribution < -0.4 is 5.32 Å². The lowest BCUT2D eigenvalue weighted by atomic mass is 9.82. The Labute approximate surface area is 220 Å². The minimum Gasteiger partial charge on any atom is -0.380 e. The van der Waals surface area contributed by atoms with E-state index in [1.54, 1.807) is 0 Å². The van der Waals surface area contributed by atoms with Crippen molar-refractivity contribution in [2.24, 2.45) is 0 Å². The molecule has 7 aromatic rings. The first-order valence-electron chi connectivity index (χ1n) is 13.1. The fourth-order valence-electron chi connectivity index (χ4n) is 6.27. The maximum Gasteiger partial charge on any atom is 0.0780 e. The summed E-state index contributed by atoms with van der Waals surface area (Å²) in [6.45, 7) is 0. The molecule has 6 aromatic carbocycles. The van der Waals surface area contributed by atoms with Gasteiger partial charge in [0.05, 0.1) is 11.6 Å². The molecule has 2 nitrogen and oxygen atoms in total. The molecule has 0 bridgehead atoms. The Morgan fingerprint density at radius 2 is 1.34 bits per heavy atom. The van der Waals surface area contributed by atoms with Crippen LogP contribution in [0.15, 0.2) is 128 Å². The first kappa shape index (κ1) is 21.2. The molecule has 1 atom stereocenters. The minimum atomic E-state index is 0.0252. The number of benzene rings is 6.